The van der Waals surface area contributed by atoms with E-state index in [0.717, 1.165) is 29.7 Å². The van der Waals surface area contributed by atoms with Crippen LogP contribution in [0, 0.1) is 5.82 Å². The lowest BCUT2D eigenvalue weighted by Crippen LogP contribution is -2.34. The van der Waals surface area contributed by atoms with Gasteiger partial charge in [-0.2, -0.15) is 0 Å². The van der Waals surface area contributed by atoms with Gasteiger partial charge in [0.15, 0.2) is 11.6 Å². The maximum atomic E-state index is 13.7. The maximum Gasteiger partial charge on any atom is 0.178 e. The minimum absolute atomic E-state index is 0.314. The summed E-state index contributed by atoms with van der Waals surface area (Å²) in [6.45, 7) is 2.87. The molecule has 0 amide bonds. The van der Waals surface area contributed by atoms with Crippen LogP contribution < -0.4 is 9.64 Å². The van der Waals surface area contributed by atoms with Crippen LogP contribution in [0.4, 0.5) is 10.1 Å². The summed E-state index contributed by atoms with van der Waals surface area (Å²) in [5.74, 6) is 0.0442. The predicted molar refractivity (Wildman–Crippen MR) is 68.3 cm³/mol. The van der Waals surface area contributed by atoms with Crippen LogP contribution >= 0.6 is 15.9 Å². The molecule has 0 bridgehead atoms. The van der Waals surface area contributed by atoms with Crippen LogP contribution in [0.5, 0.6) is 5.75 Å². The molecular weight excluding hydrogens is 289 g/mol. The summed E-state index contributed by atoms with van der Waals surface area (Å²) in [5.41, 5.74) is 0.819. The molecule has 0 spiro atoms. The fourth-order valence-corrected chi connectivity index (χ4v) is 2.35. The molecule has 2 rings (SSSR count). The van der Waals surface area contributed by atoms with E-state index in [9.17, 15) is 4.39 Å². The van der Waals surface area contributed by atoms with Crippen molar-refractivity contribution in [2.75, 3.05) is 38.3 Å². The number of nitrogens with zero attached hydrogens (tertiary/aromatic N) is 1. The lowest BCUT2D eigenvalue weighted by Gasteiger charge is -2.31. The zero-order chi connectivity index (χ0) is 12.3. The highest BCUT2D eigenvalue weighted by molar-refractivity contribution is 9.10. The van der Waals surface area contributed by atoms with Gasteiger partial charge in [0.2, 0.25) is 0 Å². The molecule has 1 aromatic rings. The van der Waals surface area contributed by atoms with E-state index in [4.69, 9.17) is 9.47 Å². The lowest BCUT2D eigenvalue weighted by atomic mass is 10.2. The third-order valence-electron chi connectivity index (χ3n) is 2.71. The van der Waals surface area contributed by atoms with E-state index in [1.165, 1.54) is 6.07 Å². The molecule has 1 heterocycles. The van der Waals surface area contributed by atoms with Crippen molar-refractivity contribution in [2.45, 2.75) is 6.42 Å². The number of ether oxygens (including phenoxy) is 2. The van der Waals surface area contributed by atoms with Gasteiger partial charge in [-0.25, -0.2) is 4.39 Å². The Hall–Kier alpha value is -0.810. The van der Waals surface area contributed by atoms with Gasteiger partial charge in [0.05, 0.1) is 12.2 Å². The first-order valence-corrected chi connectivity index (χ1v) is 6.37. The van der Waals surface area contributed by atoms with E-state index in [1.807, 2.05) is 6.07 Å². The summed E-state index contributed by atoms with van der Waals surface area (Å²) in [6, 6.07) is 3.32. The van der Waals surface area contributed by atoms with Crippen LogP contribution in [0.3, 0.4) is 0 Å². The summed E-state index contributed by atoms with van der Waals surface area (Å²) >= 11 is 3.30. The first kappa shape index (κ1) is 12.6. The Bertz CT molecular complexity index is 400. The van der Waals surface area contributed by atoms with Crippen molar-refractivity contribution in [1.82, 2.24) is 0 Å². The monoisotopic (exact) mass is 303 g/mol. The Balaban J connectivity index is 2.18. The zero-order valence-electron chi connectivity index (χ0n) is 9.71. The van der Waals surface area contributed by atoms with Crippen LogP contribution in [-0.4, -0.2) is 33.4 Å². The Morgan fingerprint density at radius 1 is 1.53 bits per heavy atom. The summed E-state index contributed by atoms with van der Waals surface area (Å²) in [5, 5.41) is 0. The van der Waals surface area contributed by atoms with Gasteiger partial charge in [0, 0.05) is 24.7 Å². The number of fused-ring (bicyclic) bond motifs is 1. The fraction of sp³-hybridized carbons (Fsp3) is 0.500. The highest BCUT2D eigenvalue weighted by Gasteiger charge is 2.21. The number of halogens is 2. The first-order valence-electron chi connectivity index (χ1n) is 5.58. The van der Waals surface area contributed by atoms with Crippen molar-refractivity contribution in [3.63, 3.8) is 0 Å². The molecule has 1 aromatic carbocycles. The molecule has 0 aromatic heterocycles. The fourth-order valence-electron chi connectivity index (χ4n) is 1.93. The molecule has 0 aliphatic carbocycles. The number of hydrogen-bond donors (Lipinski definition) is 0. The molecule has 1 aliphatic heterocycles. The molecule has 0 atom stereocenters. The third-order valence-corrected chi connectivity index (χ3v) is 3.17. The zero-order valence-corrected chi connectivity index (χ0v) is 11.3. The van der Waals surface area contributed by atoms with Gasteiger partial charge < -0.3 is 14.4 Å². The second-order valence-corrected chi connectivity index (χ2v) is 4.83. The Labute approximate surface area is 109 Å². The van der Waals surface area contributed by atoms with Crippen LogP contribution in [-0.2, 0) is 4.74 Å². The Morgan fingerprint density at radius 3 is 3.12 bits per heavy atom. The molecule has 0 radical (unpaired) electrons. The minimum atomic E-state index is -0.314. The number of rotatable bonds is 4. The van der Waals surface area contributed by atoms with Crippen molar-refractivity contribution < 1.29 is 13.9 Å². The highest BCUT2D eigenvalue weighted by atomic mass is 79.9. The molecule has 3 nitrogen and oxygen atoms in total. The van der Waals surface area contributed by atoms with Gasteiger partial charge in [0.1, 0.15) is 6.61 Å². The molecule has 0 fully saturated rings. The van der Waals surface area contributed by atoms with Crippen molar-refractivity contribution in [3.8, 4) is 5.75 Å². The molecule has 1 aliphatic rings. The third kappa shape index (κ3) is 2.90. The topological polar surface area (TPSA) is 21.7 Å². The molecule has 0 saturated heterocycles. The molecule has 0 saturated carbocycles. The first-order chi connectivity index (χ1) is 8.22. The predicted octanol–water partition coefficient (Wildman–Crippen LogP) is 2.82. The number of benzene rings is 1. The quantitative estimate of drug-likeness (QED) is 0.799. The second kappa shape index (κ2) is 5.69. The number of methoxy groups -OCH3 is 1. The average Bonchev–Trinajstić information content (AvgIpc) is 2.30. The average molecular weight is 304 g/mol. The van der Waals surface area contributed by atoms with Gasteiger partial charge >= 0.3 is 0 Å². The smallest absolute Gasteiger partial charge is 0.178 e. The van der Waals surface area contributed by atoms with Crippen LogP contribution in [0.2, 0.25) is 0 Å². The van der Waals surface area contributed by atoms with Gasteiger partial charge in [-0.3, -0.25) is 0 Å². The normalized spacial score (nSPS) is 14.4. The van der Waals surface area contributed by atoms with Crippen LogP contribution in [0.25, 0.3) is 0 Å². The second-order valence-electron chi connectivity index (χ2n) is 3.92. The highest BCUT2D eigenvalue weighted by Crippen LogP contribution is 2.36. The van der Waals surface area contributed by atoms with Crippen LogP contribution in [0.1, 0.15) is 6.42 Å². The standard InChI is InChI=1S/C12H15BrFNO2/c1-16-5-2-3-15-4-6-17-12-10(14)7-9(13)8-11(12)15/h7-8H,2-6H2,1H3. The molecule has 17 heavy (non-hydrogen) atoms. The van der Waals surface area contributed by atoms with Crippen molar-refractivity contribution in [2.24, 2.45) is 0 Å². The summed E-state index contributed by atoms with van der Waals surface area (Å²) in [6.07, 6.45) is 0.921. The molecule has 0 N–H and O–H groups in total. The van der Waals surface area contributed by atoms with Gasteiger partial charge in [-0.1, -0.05) is 15.9 Å². The van der Waals surface area contributed by atoms with Crippen molar-refractivity contribution >= 4 is 21.6 Å². The Morgan fingerprint density at radius 2 is 2.35 bits per heavy atom. The number of anilines is 1. The molecule has 5 heteroatoms. The van der Waals surface area contributed by atoms with Crippen LogP contribution in [0.15, 0.2) is 16.6 Å². The van der Waals surface area contributed by atoms with E-state index in [1.54, 1.807) is 7.11 Å². The summed E-state index contributed by atoms with van der Waals surface area (Å²) in [4.78, 5) is 2.13. The number of hydrogen-bond acceptors (Lipinski definition) is 3. The largest absolute Gasteiger partial charge is 0.486 e. The van der Waals surface area contributed by atoms with Crippen molar-refractivity contribution in [1.29, 1.82) is 0 Å². The SMILES string of the molecule is COCCCN1CCOc2c(F)cc(Br)cc21. The minimum Gasteiger partial charge on any atom is -0.486 e. The van der Waals surface area contributed by atoms with E-state index in [0.29, 0.717) is 19.0 Å². The molecule has 0 unspecified atom stereocenters. The van der Waals surface area contributed by atoms with Gasteiger partial charge in [-0.15, -0.1) is 0 Å². The van der Waals surface area contributed by atoms with Gasteiger partial charge in [0.25, 0.3) is 0 Å². The van der Waals surface area contributed by atoms with Crippen molar-refractivity contribution in [3.05, 3.63) is 22.4 Å². The van der Waals surface area contributed by atoms with E-state index >= 15 is 0 Å². The van der Waals surface area contributed by atoms with E-state index in [2.05, 4.69) is 20.8 Å². The lowest BCUT2D eigenvalue weighted by molar-refractivity contribution is 0.195. The van der Waals surface area contributed by atoms with E-state index < -0.39 is 0 Å². The van der Waals surface area contributed by atoms with E-state index in [-0.39, 0.29) is 5.82 Å². The maximum absolute atomic E-state index is 13.7. The van der Waals surface area contributed by atoms with Gasteiger partial charge in [-0.05, 0) is 18.6 Å². The summed E-state index contributed by atoms with van der Waals surface area (Å²) < 4.78 is 24.8. The summed E-state index contributed by atoms with van der Waals surface area (Å²) in [7, 11) is 1.68. The molecule has 94 valence electrons. The Kier molecular flexibility index (Phi) is 4.23. The molecular formula is C12H15BrFNO2.